The highest BCUT2D eigenvalue weighted by Gasteiger charge is 2.40. The Balaban J connectivity index is 2.30. The summed E-state index contributed by atoms with van der Waals surface area (Å²) in [5.74, 6) is -1.93. The number of methoxy groups -OCH3 is 1. The summed E-state index contributed by atoms with van der Waals surface area (Å²) in [5.41, 5.74) is -0.532. The van der Waals surface area contributed by atoms with E-state index in [1.807, 2.05) is 0 Å². The third-order valence-corrected chi connectivity index (χ3v) is 4.29. The second-order valence-electron chi connectivity index (χ2n) is 7.42. The van der Waals surface area contributed by atoms with Gasteiger partial charge in [-0.05, 0) is 34.1 Å². The van der Waals surface area contributed by atoms with Crippen molar-refractivity contribution in [2.45, 2.75) is 45.6 Å². The van der Waals surface area contributed by atoms with Gasteiger partial charge in [-0.2, -0.15) is 0 Å². The summed E-state index contributed by atoms with van der Waals surface area (Å²) in [7, 11) is 1.42. The molecular formula is C19H27FN2O5. The van der Waals surface area contributed by atoms with E-state index in [1.54, 1.807) is 27.7 Å². The smallest absolute Gasteiger partial charge is 0.410 e. The molecule has 2 rings (SSSR count). The fourth-order valence-electron chi connectivity index (χ4n) is 3.07. The van der Waals surface area contributed by atoms with Crippen LogP contribution in [-0.4, -0.2) is 54.4 Å². The van der Waals surface area contributed by atoms with E-state index in [2.05, 4.69) is 4.98 Å². The van der Waals surface area contributed by atoms with Gasteiger partial charge in [-0.15, -0.1) is 0 Å². The fraction of sp³-hybridized carbons (Fsp3) is 0.632. The van der Waals surface area contributed by atoms with Gasteiger partial charge in [0.05, 0.1) is 31.5 Å². The molecule has 1 fully saturated rings. The van der Waals surface area contributed by atoms with E-state index in [4.69, 9.17) is 14.2 Å². The molecule has 1 aromatic heterocycles. The summed E-state index contributed by atoms with van der Waals surface area (Å²) >= 11 is 0. The van der Waals surface area contributed by atoms with Crippen molar-refractivity contribution < 1.29 is 28.2 Å². The zero-order chi connectivity index (χ0) is 20.2. The minimum atomic E-state index is -0.645. The molecule has 0 spiro atoms. The Hall–Kier alpha value is -2.38. The van der Waals surface area contributed by atoms with E-state index >= 15 is 0 Å². The van der Waals surface area contributed by atoms with E-state index < -0.39 is 35.3 Å². The van der Waals surface area contributed by atoms with Gasteiger partial charge >= 0.3 is 12.1 Å². The summed E-state index contributed by atoms with van der Waals surface area (Å²) < 4.78 is 30.2. The van der Waals surface area contributed by atoms with Crippen molar-refractivity contribution in [3.8, 4) is 5.75 Å². The second kappa shape index (κ2) is 8.54. The summed E-state index contributed by atoms with van der Waals surface area (Å²) in [5, 5.41) is 0. The minimum absolute atomic E-state index is 0.113. The molecule has 2 heterocycles. The second-order valence-corrected chi connectivity index (χ2v) is 7.42. The van der Waals surface area contributed by atoms with Gasteiger partial charge in [0, 0.05) is 25.1 Å². The lowest BCUT2D eigenvalue weighted by atomic mass is 9.83. The summed E-state index contributed by atoms with van der Waals surface area (Å²) in [6.45, 7) is 7.72. The van der Waals surface area contributed by atoms with Crippen LogP contribution in [-0.2, 0) is 14.3 Å². The van der Waals surface area contributed by atoms with Gasteiger partial charge in [-0.3, -0.25) is 9.78 Å². The van der Waals surface area contributed by atoms with Crippen molar-refractivity contribution in [3.63, 3.8) is 0 Å². The Morgan fingerprint density at radius 2 is 2.07 bits per heavy atom. The molecule has 1 aliphatic heterocycles. The molecule has 0 radical (unpaired) electrons. The first kappa shape index (κ1) is 20.9. The van der Waals surface area contributed by atoms with Crippen molar-refractivity contribution in [2.75, 3.05) is 26.8 Å². The molecule has 1 amide bonds. The SMILES string of the molecule is CCOC(=O)[C@@H]1CCN(C(=O)OC(C)(C)C)C[C@H]1c1ncc(OC)cc1F. The number of hydrogen-bond donors (Lipinski definition) is 0. The van der Waals surface area contributed by atoms with Crippen molar-refractivity contribution in [2.24, 2.45) is 5.92 Å². The first-order chi connectivity index (χ1) is 12.7. The average Bonchev–Trinajstić information content (AvgIpc) is 2.59. The number of nitrogens with zero attached hydrogens (tertiary/aromatic N) is 2. The topological polar surface area (TPSA) is 78.0 Å². The predicted octanol–water partition coefficient (Wildman–Crippen LogP) is 3.13. The van der Waals surface area contributed by atoms with Crippen LogP contribution in [0.15, 0.2) is 12.3 Å². The standard InChI is InChI=1S/C19H27FN2O5/c1-6-26-17(23)13-7-8-22(18(24)27-19(2,3)4)11-14(13)16-15(20)9-12(25-5)10-21-16/h9-10,13-14H,6-8,11H2,1-5H3/t13-,14-/m1/s1. The number of aromatic nitrogens is 1. The molecule has 1 aromatic rings. The molecule has 0 N–H and O–H groups in total. The number of esters is 1. The lowest BCUT2D eigenvalue weighted by Gasteiger charge is -2.37. The van der Waals surface area contributed by atoms with Crippen molar-refractivity contribution in [1.29, 1.82) is 0 Å². The zero-order valence-corrected chi connectivity index (χ0v) is 16.5. The predicted molar refractivity (Wildman–Crippen MR) is 96.0 cm³/mol. The molecule has 0 aromatic carbocycles. The number of rotatable bonds is 4. The van der Waals surface area contributed by atoms with E-state index in [1.165, 1.54) is 24.3 Å². The van der Waals surface area contributed by atoms with Crippen molar-refractivity contribution in [3.05, 3.63) is 23.8 Å². The van der Waals surface area contributed by atoms with Crippen LogP contribution >= 0.6 is 0 Å². The quantitative estimate of drug-likeness (QED) is 0.745. The number of pyridine rings is 1. The first-order valence-corrected chi connectivity index (χ1v) is 9.00. The van der Waals surface area contributed by atoms with Crippen LogP contribution in [0.3, 0.4) is 0 Å². The molecule has 2 atom stereocenters. The van der Waals surface area contributed by atoms with Crippen LogP contribution in [0.4, 0.5) is 9.18 Å². The Morgan fingerprint density at radius 3 is 2.63 bits per heavy atom. The van der Waals surface area contributed by atoms with Gasteiger partial charge in [0.1, 0.15) is 17.2 Å². The highest BCUT2D eigenvalue weighted by atomic mass is 19.1. The summed E-state index contributed by atoms with van der Waals surface area (Å²) in [4.78, 5) is 30.5. The van der Waals surface area contributed by atoms with Crippen LogP contribution in [0, 0.1) is 11.7 Å². The molecule has 0 unspecified atom stereocenters. The summed E-state index contributed by atoms with van der Waals surface area (Å²) in [6.07, 6.45) is 1.24. The van der Waals surface area contributed by atoms with Gasteiger partial charge in [0.2, 0.25) is 0 Å². The molecule has 1 saturated heterocycles. The normalized spacial score (nSPS) is 20.1. The third kappa shape index (κ3) is 5.30. The Labute approximate surface area is 158 Å². The van der Waals surface area contributed by atoms with Crippen LogP contribution in [0.5, 0.6) is 5.75 Å². The maximum atomic E-state index is 14.6. The lowest BCUT2D eigenvalue weighted by Crippen LogP contribution is -2.47. The molecule has 7 nitrogen and oxygen atoms in total. The van der Waals surface area contributed by atoms with E-state index in [9.17, 15) is 14.0 Å². The Kier molecular flexibility index (Phi) is 6.62. The molecule has 150 valence electrons. The number of likely N-dealkylation sites (tertiary alicyclic amines) is 1. The molecular weight excluding hydrogens is 355 g/mol. The molecule has 0 saturated carbocycles. The highest BCUT2D eigenvalue weighted by molar-refractivity contribution is 5.75. The first-order valence-electron chi connectivity index (χ1n) is 9.00. The maximum absolute atomic E-state index is 14.6. The third-order valence-electron chi connectivity index (χ3n) is 4.29. The number of halogens is 1. The molecule has 0 bridgehead atoms. The number of ether oxygens (including phenoxy) is 3. The molecule has 27 heavy (non-hydrogen) atoms. The van der Waals surface area contributed by atoms with Gasteiger partial charge in [0.15, 0.2) is 0 Å². The zero-order valence-electron chi connectivity index (χ0n) is 16.5. The van der Waals surface area contributed by atoms with Gasteiger partial charge in [-0.1, -0.05) is 0 Å². The maximum Gasteiger partial charge on any atom is 0.410 e. The summed E-state index contributed by atoms with van der Waals surface area (Å²) in [6, 6.07) is 1.22. The van der Waals surface area contributed by atoms with Crippen LogP contribution in [0.2, 0.25) is 0 Å². The van der Waals surface area contributed by atoms with E-state index in [0.29, 0.717) is 13.0 Å². The number of carbonyl (C=O) groups excluding carboxylic acids is 2. The number of carbonyl (C=O) groups is 2. The van der Waals surface area contributed by atoms with Crippen molar-refractivity contribution >= 4 is 12.1 Å². The monoisotopic (exact) mass is 382 g/mol. The molecule has 8 heteroatoms. The Morgan fingerprint density at radius 1 is 1.37 bits per heavy atom. The lowest BCUT2D eigenvalue weighted by molar-refractivity contribution is -0.150. The number of hydrogen-bond acceptors (Lipinski definition) is 6. The van der Waals surface area contributed by atoms with Gasteiger partial charge in [0.25, 0.3) is 0 Å². The van der Waals surface area contributed by atoms with Gasteiger partial charge in [-0.25, -0.2) is 9.18 Å². The van der Waals surface area contributed by atoms with Crippen molar-refractivity contribution in [1.82, 2.24) is 9.88 Å². The fourth-order valence-corrected chi connectivity index (χ4v) is 3.07. The number of amides is 1. The number of piperidine rings is 1. The van der Waals surface area contributed by atoms with E-state index in [-0.39, 0.29) is 24.6 Å². The van der Waals surface area contributed by atoms with Crippen LogP contribution in [0.1, 0.15) is 45.7 Å². The molecule has 1 aliphatic rings. The van der Waals surface area contributed by atoms with Crippen LogP contribution < -0.4 is 4.74 Å². The Bertz CT molecular complexity index is 689. The largest absolute Gasteiger partial charge is 0.495 e. The van der Waals surface area contributed by atoms with E-state index in [0.717, 1.165) is 0 Å². The highest BCUT2D eigenvalue weighted by Crippen LogP contribution is 2.35. The average molecular weight is 382 g/mol. The minimum Gasteiger partial charge on any atom is -0.495 e. The van der Waals surface area contributed by atoms with Crippen LogP contribution in [0.25, 0.3) is 0 Å². The van der Waals surface area contributed by atoms with Gasteiger partial charge < -0.3 is 19.1 Å². The molecule has 0 aliphatic carbocycles.